The summed E-state index contributed by atoms with van der Waals surface area (Å²) in [5.41, 5.74) is 1.71. The number of β-amino-alcohol motifs (C(OH)–C–C–N with tert-alkyl or cyclic N) is 1. The zero-order valence-electron chi connectivity index (χ0n) is 8.77. The fourth-order valence-electron chi connectivity index (χ4n) is 2.14. The van der Waals surface area contributed by atoms with Crippen molar-refractivity contribution >= 4 is 11.2 Å². The molecule has 1 atom stereocenters. The molecule has 84 valence electrons. The Labute approximate surface area is 92.1 Å². The van der Waals surface area contributed by atoms with Gasteiger partial charge in [0.15, 0.2) is 0 Å². The van der Waals surface area contributed by atoms with E-state index in [-0.39, 0.29) is 0 Å². The SMILES string of the molecule is OC1(Cc2cnc3n[nH]nc3c2)CCNC1. The van der Waals surface area contributed by atoms with E-state index in [2.05, 4.69) is 25.7 Å². The van der Waals surface area contributed by atoms with Crippen molar-refractivity contribution in [3.05, 3.63) is 17.8 Å². The third-order valence-corrected chi connectivity index (χ3v) is 2.98. The number of fused-ring (bicyclic) bond motifs is 1. The Hall–Kier alpha value is -1.53. The number of nitrogens with one attached hydrogen (secondary N) is 2. The molecule has 6 nitrogen and oxygen atoms in total. The first kappa shape index (κ1) is 9.68. The number of hydrogen-bond acceptors (Lipinski definition) is 5. The van der Waals surface area contributed by atoms with E-state index in [9.17, 15) is 5.11 Å². The van der Waals surface area contributed by atoms with Crippen molar-refractivity contribution in [1.29, 1.82) is 0 Å². The molecule has 1 unspecified atom stereocenters. The van der Waals surface area contributed by atoms with Gasteiger partial charge < -0.3 is 10.4 Å². The van der Waals surface area contributed by atoms with E-state index in [1.54, 1.807) is 6.20 Å². The van der Waals surface area contributed by atoms with Gasteiger partial charge in [-0.3, -0.25) is 0 Å². The molecule has 0 radical (unpaired) electrons. The number of aromatic nitrogens is 4. The van der Waals surface area contributed by atoms with Crippen molar-refractivity contribution in [3.8, 4) is 0 Å². The van der Waals surface area contributed by atoms with Crippen LogP contribution < -0.4 is 5.32 Å². The number of aliphatic hydroxyl groups is 1. The van der Waals surface area contributed by atoms with Crippen LogP contribution in [0.4, 0.5) is 0 Å². The minimum atomic E-state index is -0.640. The highest BCUT2D eigenvalue weighted by Gasteiger charge is 2.31. The molecule has 3 N–H and O–H groups in total. The number of rotatable bonds is 2. The van der Waals surface area contributed by atoms with Gasteiger partial charge in [-0.05, 0) is 24.6 Å². The predicted octanol–water partition coefficient (Wildman–Crippen LogP) is -0.380. The lowest BCUT2D eigenvalue weighted by Crippen LogP contribution is -2.33. The fourth-order valence-corrected chi connectivity index (χ4v) is 2.14. The van der Waals surface area contributed by atoms with E-state index in [1.807, 2.05) is 6.07 Å². The number of pyridine rings is 1. The van der Waals surface area contributed by atoms with Gasteiger partial charge in [0.2, 0.25) is 5.65 Å². The summed E-state index contributed by atoms with van der Waals surface area (Å²) in [6.45, 7) is 1.51. The molecule has 0 amide bonds. The molecule has 0 saturated carbocycles. The minimum Gasteiger partial charge on any atom is -0.388 e. The third-order valence-electron chi connectivity index (χ3n) is 2.98. The molecular weight excluding hydrogens is 206 g/mol. The zero-order chi connectivity index (χ0) is 11.0. The summed E-state index contributed by atoms with van der Waals surface area (Å²) in [6, 6.07) is 1.92. The summed E-state index contributed by atoms with van der Waals surface area (Å²) < 4.78 is 0. The Morgan fingerprint density at radius 3 is 3.19 bits per heavy atom. The minimum absolute atomic E-state index is 0.607. The molecule has 3 heterocycles. The van der Waals surface area contributed by atoms with E-state index in [4.69, 9.17) is 0 Å². The zero-order valence-corrected chi connectivity index (χ0v) is 8.77. The number of nitrogens with zero attached hydrogens (tertiary/aromatic N) is 3. The molecule has 0 spiro atoms. The highest BCUT2D eigenvalue weighted by Crippen LogP contribution is 2.20. The number of aromatic amines is 1. The Kier molecular flexibility index (Phi) is 2.12. The monoisotopic (exact) mass is 219 g/mol. The van der Waals surface area contributed by atoms with Crippen molar-refractivity contribution < 1.29 is 5.11 Å². The molecule has 2 aromatic rings. The molecule has 6 heteroatoms. The summed E-state index contributed by atoms with van der Waals surface area (Å²) in [4.78, 5) is 4.18. The van der Waals surface area contributed by atoms with E-state index in [1.165, 1.54) is 0 Å². The van der Waals surface area contributed by atoms with Crippen LogP contribution in [0, 0.1) is 0 Å². The lowest BCUT2D eigenvalue weighted by atomic mass is 9.95. The molecule has 16 heavy (non-hydrogen) atoms. The van der Waals surface area contributed by atoms with Gasteiger partial charge in [-0.25, -0.2) is 4.98 Å². The maximum atomic E-state index is 10.2. The lowest BCUT2D eigenvalue weighted by molar-refractivity contribution is 0.0618. The van der Waals surface area contributed by atoms with Crippen LogP contribution in [0.3, 0.4) is 0 Å². The maximum absolute atomic E-state index is 10.2. The summed E-state index contributed by atoms with van der Waals surface area (Å²) in [6.07, 6.45) is 3.14. The van der Waals surface area contributed by atoms with Gasteiger partial charge in [0.25, 0.3) is 0 Å². The summed E-state index contributed by atoms with van der Waals surface area (Å²) in [5, 5.41) is 23.8. The van der Waals surface area contributed by atoms with Crippen LogP contribution >= 0.6 is 0 Å². The Bertz CT molecular complexity index is 503. The lowest BCUT2D eigenvalue weighted by Gasteiger charge is -2.20. The van der Waals surface area contributed by atoms with Gasteiger partial charge in [0.05, 0.1) is 5.60 Å². The number of hydrogen-bond donors (Lipinski definition) is 3. The molecule has 1 fully saturated rings. The van der Waals surface area contributed by atoms with Crippen LogP contribution in [-0.4, -0.2) is 44.2 Å². The average Bonchev–Trinajstić information content (AvgIpc) is 2.86. The topological polar surface area (TPSA) is 86.7 Å². The van der Waals surface area contributed by atoms with Crippen LogP contribution in [0.15, 0.2) is 12.3 Å². The molecule has 1 aliphatic rings. The normalized spacial score (nSPS) is 25.3. The first-order valence-corrected chi connectivity index (χ1v) is 5.34. The van der Waals surface area contributed by atoms with Gasteiger partial charge in [-0.2, -0.15) is 10.3 Å². The Morgan fingerprint density at radius 2 is 2.38 bits per heavy atom. The molecule has 2 aromatic heterocycles. The second-order valence-electron chi connectivity index (χ2n) is 4.34. The number of H-pyrrole nitrogens is 1. The molecule has 0 bridgehead atoms. The van der Waals surface area contributed by atoms with Gasteiger partial charge in [-0.1, -0.05) is 0 Å². The maximum Gasteiger partial charge on any atom is 0.201 e. The smallest absolute Gasteiger partial charge is 0.201 e. The standard InChI is InChI=1S/C10H13N5O/c16-10(1-2-11-6-10)4-7-3-8-9(12-5-7)14-15-13-8/h3,5,11,16H,1-2,4,6H2,(H,12,13,14,15). The third kappa shape index (κ3) is 1.66. The van der Waals surface area contributed by atoms with Gasteiger partial charge in [-0.15, -0.1) is 5.10 Å². The second-order valence-corrected chi connectivity index (χ2v) is 4.34. The van der Waals surface area contributed by atoms with Crippen LogP contribution in [-0.2, 0) is 6.42 Å². The van der Waals surface area contributed by atoms with Crippen LogP contribution in [0.5, 0.6) is 0 Å². The van der Waals surface area contributed by atoms with E-state index >= 15 is 0 Å². The summed E-state index contributed by atoms with van der Waals surface area (Å²) >= 11 is 0. The van der Waals surface area contributed by atoms with Crippen LogP contribution in [0.25, 0.3) is 11.2 Å². The first-order valence-electron chi connectivity index (χ1n) is 5.34. The van der Waals surface area contributed by atoms with Gasteiger partial charge in [0.1, 0.15) is 5.52 Å². The van der Waals surface area contributed by atoms with E-state index in [0.29, 0.717) is 18.6 Å². The Morgan fingerprint density at radius 1 is 1.44 bits per heavy atom. The van der Waals surface area contributed by atoms with Crippen molar-refractivity contribution in [1.82, 2.24) is 25.7 Å². The van der Waals surface area contributed by atoms with Crippen molar-refractivity contribution in [2.45, 2.75) is 18.4 Å². The van der Waals surface area contributed by atoms with Crippen molar-refractivity contribution in [2.75, 3.05) is 13.1 Å². The second kappa shape index (κ2) is 3.50. The van der Waals surface area contributed by atoms with Crippen LogP contribution in [0.2, 0.25) is 0 Å². The molecule has 0 aliphatic carbocycles. The van der Waals surface area contributed by atoms with Crippen LogP contribution in [0.1, 0.15) is 12.0 Å². The van der Waals surface area contributed by atoms with Crippen molar-refractivity contribution in [3.63, 3.8) is 0 Å². The average molecular weight is 219 g/mol. The summed E-state index contributed by atoms with van der Waals surface area (Å²) in [7, 11) is 0. The highest BCUT2D eigenvalue weighted by molar-refractivity contribution is 5.69. The van der Waals surface area contributed by atoms with E-state index < -0.39 is 5.60 Å². The van der Waals surface area contributed by atoms with Crippen molar-refractivity contribution in [2.24, 2.45) is 0 Å². The van der Waals surface area contributed by atoms with Gasteiger partial charge in [0, 0.05) is 19.2 Å². The highest BCUT2D eigenvalue weighted by atomic mass is 16.3. The van der Waals surface area contributed by atoms with E-state index in [0.717, 1.165) is 24.0 Å². The predicted molar refractivity (Wildman–Crippen MR) is 57.8 cm³/mol. The molecule has 3 rings (SSSR count). The quantitative estimate of drug-likeness (QED) is 0.641. The molecule has 0 aromatic carbocycles. The Balaban J connectivity index is 1.88. The fraction of sp³-hybridized carbons (Fsp3) is 0.500. The molecule has 1 saturated heterocycles. The largest absolute Gasteiger partial charge is 0.388 e. The molecular formula is C10H13N5O. The molecule has 1 aliphatic heterocycles. The van der Waals surface area contributed by atoms with Gasteiger partial charge >= 0.3 is 0 Å². The first-order chi connectivity index (χ1) is 7.75. The summed E-state index contributed by atoms with van der Waals surface area (Å²) in [5.74, 6) is 0.